The summed E-state index contributed by atoms with van der Waals surface area (Å²) in [6, 6.07) is 74.0. The fraction of sp³-hybridized carbons (Fsp3) is 0.414. The molecule has 10 aliphatic heterocycles. The third-order valence-corrected chi connectivity index (χ3v) is 26.0. The number of hydrogen-bond donors (Lipinski definition) is 7. The molecule has 5 fully saturated rings. The molecule has 5 saturated heterocycles. The van der Waals surface area contributed by atoms with Crippen molar-refractivity contribution >= 4 is 39.8 Å². The topological polar surface area (TPSA) is 147 Å². The molecule has 15 atom stereocenters. The number of phenolic OH excluding ortho intramolecular Hbond substituents is 2. The Hall–Kier alpha value is -8.92. The van der Waals surface area contributed by atoms with Crippen molar-refractivity contribution in [2.24, 2.45) is 29.6 Å². The lowest BCUT2D eigenvalue weighted by Crippen LogP contribution is -2.36. The minimum absolute atomic E-state index is 0.130. The summed E-state index contributed by atoms with van der Waals surface area (Å²) in [6.45, 7) is 26.5. The zero-order valence-corrected chi connectivity index (χ0v) is 67.9. The molecule has 11 heterocycles. The van der Waals surface area contributed by atoms with Gasteiger partial charge in [-0.05, 0) is 198 Å². The van der Waals surface area contributed by atoms with Crippen LogP contribution in [-0.2, 0) is 34.5 Å². The monoisotopic (exact) mass is 1520 g/mol. The predicted octanol–water partition coefficient (Wildman–Crippen LogP) is 24.6. The minimum atomic E-state index is 0.130. The largest absolute Gasteiger partial charge is 0.508 e. The second-order valence-corrected chi connectivity index (χ2v) is 36.0. The van der Waals surface area contributed by atoms with Gasteiger partial charge < -0.3 is 60.5 Å². The summed E-state index contributed by atoms with van der Waals surface area (Å²) in [5.41, 5.74) is 26.0. The molecule has 0 saturated carbocycles. The molecule has 10 aliphatic rings. The van der Waals surface area contributed by atoms with Crippen LogP contribution in [0.1, 0.15) is 257 Å². The molecule has 584 valence electrons. The maximum atomic E-state index is 9.85. The summed E-state index contributed by atoms with van der Waals surface area (Å²) >= 11 is 1.78. The fourth-order valence-corrected chi connectivity index (χ4v) is 20.1. The number of phenols is 2. The van der Waals surface area contributed by atoms with Gasteiger partial charge in [0.25, 0.3) is 0 Å². The fourth-order valence-electron chi connectivity index (χ4n) is 19.4. The first-order chi connectivity index (χ1) is 54.3. The first kappa shape index (κ1) is 77.0. The number of anilines is 5. The zero-order chi connectivity index (χ0) is 77.4. The van der Waals surface area contributed by atoms with Crippen molar-refractivity contribution in [3.8, 4) is 11.5 Å². The Morgan fingerprint density at radius 2 is 0.679 bits per heavy atom. The molecule has 0 spiro atoms. The molecule has 12 nitrogen and oxygen atoms in total. The summed E-state index contributed by atoms with van der Waals surface area (Å²) in [4.78, 5) is 0. The molecule has 0 bridgehead atoms. The molecule has 0 amide bonds. The minimum Gasteiger partial charge on any atom is -0.508 e. The van der Waals surface area contributed by atoms with Crippen LogP contribution < -0.4 is 26.6 Å². The van der Waals surface area contributed by atoms with Crippen LogP contribution in [0.15, 0.2) is 217 Å². The lowest BCUT2D eigenvalue weighted by molar-refractivity contribution is -0.0382. The van der Waals surface area contributed by atoms with Gasteiger partial charge in [-0.15, -0.1) is 0 Å². The van der Waals surface area contributed by atoms with E-state index in [9.17, 15) is 10.2 Å². The second-order valence-electron chi connectivity index (χ2n) is 35.2. The van der Waals surface area contributed by atoms with Gasteiger partial charge in [-0.25, -0.2) is 0 Å². The van der Waals surface area contributed by atoms with Crippen molar-refractivity contribution < 1.29 is 33.9 Å². The van der Waals surface area contributed by atoms with E-state index in [2.05, 4.69) is 276 Å². The van der Waals surface area contributed by atoms with Crippen molar-refractivity contribution in [2.45, 2.75) is 198 Å². The van der Waals surface area contributed by atoms with Gasteiger partial charge in [-0.2, -0.15) is 11.3 Å². The van der Waals surface area contributed by atoms with E-state index in [1.807, 2.05) is 24.3 Å². The van der Waals surface area contributed by atoms with Gasteiger partial charge in [0.2, 0.25) is 0 Å². The first-order valence-corrected chi connectivity index (χ1v) is 42.4. The number of fused-ring (bicyclic) bond motifs is 15. The van der Waals surface area contributed by atoms with Crippen LogP contribution in [0.4, 0.5) is 28.4 Å². The van der Waals surface area contributed by atoms with Crippen LogP contribution in [0.2, 0.25) is 0 Å². The highest BCUT2D eigenvalue weighted by Gasteiger charge is 2.46. The molecule has 0 radical (unpaired) electrons. The van der Waals surface area contributed by atoms with Crippen LogP contribution in [0.25, 0.3) is 0 Å². The molecular formula is C99H115N5O7S. The summed E-state index contributed by atoms with van der Waals surface area (Å²) in [6.07, 6.45) is 10.2. The van der Waals surface area contributed by atoms with Crippen molar-refractivity contribution in [1.82, 2.24) is 0 Å². The summed E-state index contributed by atoms with van der Waals surface area (Å²) in [5.74, 6) is 3.58. The van der Waals surface area contributed by atoms with Crippen molar-refractivity contribution in [2.75, 3.05) is 59.6 Å². The van der Waals surface area contributed by atoms with Crippen LogP contribution in [-0.4, -0.2) is 43.2 Å². The second kappa shape index (κ2) is 33.3. The van der Waals surface area contributed by atoms with E-state index in [1.54, 1.807) is 23.5 Å². The van der Waals surface area contributed by atoms with Gasteiger partial charge in [0.15, 0.2) is 0 Å². The average Bonchev–Trinajstić information content (AvgIpc) is 1.45. The van der Waals surface area contributed by atoms with Gasteiger partial charge in [-0.3, -0.25) is 0 Å². The molecule has 12 unspecified atom stereocenters. The highest BCUT2D eigenvalue weighted by molar-refractivity contribution is 7.08. The summed E-state index contributed by atoms with van der Waals surface area (Å²) in [5, 5.41) is 42.9. The third kappa shape index (κ3) is 16.5. The highest BCUT2D eigenvalue weighted by Crippen LogP contribution is 2.56. The molecule has 1 aromatic heterocycles. The van der Waals surface area contributed by atoms with E-state index in [0.717, 1.165) is 81.2 Å². The Balaban J connectivity index is 0.000000106. The number of hydrogen-bond acceptors (Lipinski definition) is 13. The van der Waals surface area contributed by atoms with Crippen LogP contribution in [0.3, 0.4) is 0 Å². The van der Waals surface area contributed by atoms with Crippen molar-refractivity contribution in [3.05, 3.63) is 300 Å². The van der Waals surface area contributed by atoms with E-state index in [4.69, 9.17) is 23.7 Å². The molecule has 20 rings (SSSR count). The molecule has 13 heteroatoms. The zero-order valence-electron chi connectivity index (χ0n) is 67.1. The lowest BCUT2D eigenvalue weighted by Gasteiger charge is -2.43. The summed E-state index contributed by atoms with van der Waals surface area (Å²) in [7, 11) is 0. The van der Waals surface area contributed by atoms with Crippen molar-refractivity contribution in [1.29, 1.82) is 0 Å². The summed E-state index contributed by atoms with van der Waals surface area (Å²) < 4.78 is 30.8. The number of benzene rings is 9. The van der Waals surface area contributed by atoms with Gasteiger partial charge in [0.05, 0.1) is 60.7 Å². The maximum Gasteiger partial charge on any atom is 0.115 e. The molecule has 10 aromatic rings. The van der Waals surface area contributed by atoms with E-state index in [1.165, 1.54) is 115 Å². The molecule has 7 N–H and O–H groups in total. The van der Waals surface area contributed by atoms with Crippen molar-refractivity contribution in [3.63, 3.8) is 0 Å². The lowest BCUT2D eigenvalue weighted by atomic mass is 9.77. The SMILES string of the molecule is CC(C)(C)c1ccc2c(c1)C1OCCC1C(c1cccc(O)c1)N2.CC(C)(C)c1ccc2c(c1)C1OCCC1C(c1cccc(O)c1)N2.CC(C)c1ccc2c(c1)C1OCCCC1C(c1ccsc1)N2.Cc1ccc2c(c1)C1OCCCC1C(c1ccccc1)N2.Cc1ccc2c(c1)[C@H]1OCCC[C@H]1[C@H](c1ccccc1)N2. The van der Waals surface area contributed by atoms with Gasteiger partial charge in [0.1, 0.15) is 11.5 Å². The van der Waals surface area contributed by atoms with Gasteiger partial charge in [0, 0.05) is 119 Å². The first-order valence-electron chi connectivity index (χ1n) is 41.5. The normalized spacial score (nSPS) is 26.6. The Morgan fingerprint density at radius 3 is 1.05 bits per heavy atom. The number of ether oxygens (including phenoxy) is 5. The molecular weight excluding hydrogens is 1400 g/mol. The number of nitrogens with one attached hydrogen (secondary N) is 5. The van der Waals surface area contributed by atoms with Crippen LogP contribution in [0.5, 0.6) is 11.5 Å². The Bertz CT molecular complexity index is 4620. The quantitative estimate of drug-likeness (QED) is 0.0850. The van der Waals surface area contributed by atoms with Crippen LogP contribution >= 0.6 is 11.3 Å². The molecule has 0 aliphatic carbocycles. The van der Waals surface area contributed by atoms with E-state index in [0.29, 0.717) is 65.1 Å². The maximum absolute atomic E-state index is 9.85. The predicted molar refractivity (Wildman–Crippen MR) is 456 cm³/mol. The smallest absolute Gasteiger partial charge is 0.115 e. The standard InChI is InChI=1S/2C21H25NO2.C19H23NOS.2C19H21NO/c2*1-21(2,3)14-7-8-18-17(12-14)20-16(9-10-24-20)19(22-18)13-5-4-6-15(23)11-13;1-12(2)13-5-6-17-16(10-13)19-15(4-3-8-21-19)18(20-17)14-7-9-22-11-14;2*1-13-9-10-17-16(12-13)19-15(8-5-11-21-19)18(20-17)14-6-3-2-4-7-14/h2*4-8,11-12,16,19-20,22-23H,9-10H2,1-3H3;5-7,9-12,15,18-20H,3-4,8H2,1-2H3;2*2-4,6-7,9-10,12,15,18-20H,5,8,11H2,1H3/t;;;15-,18-,19-;/m...0./s1. The Kier molecular flexibility index (Phi) is 22.9. The number of thiophene rings is 1. The third-order valence-electron chi connectivity index (χ3n) is 25.3. The van der Waals surface area contributed by atoms with E-state index in [-0.39, 0.29) is 53.4 Å². The number of aryl methyl sites for hydroxylation is 2. The highest BCUT2D eigenvalue weighted by atomic mass is 32.1. The van der Waals surface area contributed by atoms with Crippen LogP contribution in [0, 0.1) is 43.4 Å². The van der Waals surface area contributed by atoms with E-state index < -0.39 is 0 Å². The average molecular weight is 1520 g/mol. The van der Waals surface area contributed by atoms with Gasteiger partial charge in [-0.1, -0.05) is 212 Å². The Morgan fingerprint density at radius 1 is 0.339 bits per heavy atom. The van der Waals surface area contributed by atoms with E-state index >= 15 is 0 Å². The van der Waals surface area contributed by atoms with Gasteiger partial charge >= 0.3 is 0 Å². The molecule has 112 heavy (non-hydrogen) atoms. The number of rotatable bonds is 6. The Labute approximate surface area is 668 Å². The number of aromatic hydroxyl groups is 2. The molecule has 9 aromatic carbocycles.